The predicted molar refractivity (Wildman–Crippen MR) is 52.2 cm³/mol. The largest absolute Gasteiger partial charge is 0.392 e. The molecule has 0 unspecified atom stereocenters. The molecule has 2 N–H and O–H groups in total. The molecule has 3 heteroatoms. The van der Waals surface area contributed by atoms with Gasteiger partial charge in [-0.1, -0.05) is 6.92 Å². The lowest BCUT2D eigenvalue weighted by molar-refractivity contribution is 0.191. The van der Waals surface area contributed by atoms with Crippen molar-refractivity contribution >= 4 is 11.8 Å². The van der Waals surface area contributed by atoms with Crippen LogP contribution in [0.3, 0.4) is 0 Å². The van der Waals surface area contributed by atoms with Gasteiger partial charge < -0.3 is 10.4 Å². The summed E-state index contributed by atoms with van der Waals surface area (Å²) in [6, 6.07) is 0. The van der Waals surface area contributed by atoms with Gasteiger partial charge in [-0.3, -0.25) is 0 Å². The zero-order valence-corrected chi connectivity index (χ0v) is 8.28. The van der Waals surface area contributed by atoms with Crippen molar-refractivity contribution in [1.29, 1.82) is 0 Å². The summed E-state index contributed by atoms with van der Waals surface area (Å²) in [6.07, 6.45) is 0.986. The fourth-order valence-corrected chi connectivity index (χ4v) is 1.39. The van der Waals surface area contributed by atoms with Crippen molar-refractivity contribution in [2.24, 2.45) is 0 Å². The van der Waals surface area contributed by atoms with Crippen molar-refractivity contribution in [3.63, 3.8) is 0 Å². The minimum absolute atomic E-state index is 0.214. The van der Waals surface area contributed by atoms with Crippen molar-refractivity contribution in [3.8, 4) is 0 Å². The maximum Gasteiger partial charge on any atom is 0.0636 e. The minimum atomic E-state index is -0.214. The van der Waals surface area contributed by atoms with Crippen molar-refractivity contribution in [2.75, 3.05) is 24.6 Å². The maximum absolute atomic E-state index is 8.89. The highest BCUT2D eigenvalue weighted by molar-refractivity contribution is 7.99. The van der Waals surface area contributed by atoms with E-state index >= 15 is 0 Å². The molecule has 0 aromatic carbocycles. The molecule has 0 rings (SSSR count). The quantitative estimate of drug-likeness (QED) is 0.571. The predicted octanol–water partition coefficient (Wildman–Crippen LogP) is 1.10. The number of aliphatic hydroxyl groups excluding tert-OH is 1. The molecule has 0 spiro atoms. The van der Waals surface area contributed by atoms with Crippen LogP contribution in [0.15, 0.2) is 0 Å². The minimum Gasteiger partial charge on any atom is -0.392 e. The lowest BCUT2D eigenvalue weighted by Crippen LogP contribution is -2.25. The van der Waals surface area contributed by atoms with Gasteiger partial charge in [0.2, 0.25) is 0 Å². The summed E-state index contributed by atoms with van der Waals surface area (Å²) in [5.74, 6) is 2.43. The van der Waals surface area contributed by atoms with E-state index in [-0.39, 0.29) is 6.10 Å². The Morgan fingerprint density at radius 1 is 1.55 bits per heavy atom. The molecule has 2 nitrogen and oxygen atoms in total. The van der Waals surface area contributed by atoms with Gasteiger partial charge in [0, 0.05) is 6.54 Å². The van der Waals surface area contributed by atoms with E-state index in [1.807, 2.05) is 11.8 Å². The lowest BCUT2D eigenvalue weighted by Gasteiger charge is -2.05. The second-order valence-electron chi connectivity index (χ2n) is 2.60. The Kier molecular flexibility index (Phi) is 8.57. The van der Waals surface area contributed by atoms with Crippen molar-refractivity contribution in [2.45, 2.75) is 26.4 Å². The first-order chi connectivity index (χ1) is 5.27. The van der Waals surface area contributed by atoms with E-state index in [9.17, 15) is 0 Å². The van der Waals surface area contributed by atoms with Crippen LogP contribution in [0.5, 0.6) is 0 Å². The Hall–Kier alpha value is 0.270. The van der Waals surface area contributed by atoms with Gasteiger partial charge in [0.25, 0.3) is 0 Å². The number of thioether (sulfide) groups is 1. The third-order valence-corrected chi connectivity index (χ3v) is 2.27. The number of nitrogens with one attached hydrogen (secondary N) is 1. The summed E-state index contributed by atoms with van der Waals surface area (Å²) in [5.41, 5.74) is 0. The van der Waals surface area contributed by atoms with E-state index in [1.165, 1.54) is 17.9 Å². The second-order valence-corrected chi connectivity index (χ2v) is 4.00. The molecule has 11 heavy (non-hydrogen) atoms. The van der Waals surface area contributed by atoms with Gasteiger partial charge in [-0.15, -0.1) is 0 Å². The first kappa shape index (κ1) is 11.3. The highest BCUT2D eigenvalue weighted by Gasteiger charge is 1.92. The summed E-state index contributed by atoms with van der Waals surface area (Å²) in [7, 11) is 0. The third kappa shape index (κ3) is 10.3. The van der Waals surface area contributed by atoms with E-state index in [2.05, 4.69) is 12.2 Å². The van der Waals surface area contributed by atoms with Crippen LogP contribution in [0.25, 0.3) is 0 Å². The first-order valence-corrected chi connectivity index (χ1v) is 5.39. The van der Waals surface area contributed by atoms with Gasteiger partial charge in [-0.2, -0.15) is 11.8 Å². The summed E-state index contributed by atoms with van der Waals surface area (Å²) >= 11 is 1.96. The second kappa shape index (κ2) is 8.37. The highest BCUT2D eigenvalue weighted by atomic mass is 32.2. The topological polar surface area (TPSA) is 32.3 Å². The lowest BCUT2D eigenvalue weighted by atomic mass is 10.4. The fraction of sp³-hybridized carbons (Fsp3) is 1.00. The van der Waals surface area contributed by atoms with Crippen LogP contribution in [0, 0.1) is 0 Å². The van der Waals surface area contributed by atoms with Crippen LogP contribution in [0.2, 0.25) is 0 Å². The van der Waals surface area contributed by atoms with Gasteiger partial charge in [-0.05, 0) is 31.4 Å². The Morgan fingerprint density at radius 2 is 2.27 bits per heavy atom. The molecule has 0 aliphatic carbocycles. The van der Waals surface area contributed by atoms with Gasteiger partial charge in [0.1, 0.15) is 0 Å². The Balaban J connectivity index is 2.80. The molecule has 0 heterocycles. The first-order valence-electron chi connectivity index (χ1n) is 4.24. The molecule has 0 saturated carbocycles. The van der Waals surface area contributed by atoms with Crippen LogP contribution >= 0.6 is 11.8 Å². The number of aliphatic hydroxyl groups is 1. The average Bonchev–Trinajstić information content (AvgIpc) is 1.96. The van der Waals surface area contributed by atoms with Crippen LogP contribution < -0.4 is 5.32 Å². The number of rotatable bonds is 7. The molecule has 0 fully saturated rings. The Bertz CT molecular complexity index is 78.5. The monoisotopic (exact) mass is 177 g/mol. The van der Waals surface area contributed by atoms with Crippen molar-refractivity contribution in [3.05, 3.63) is 0 Å². The van der Waals surface area contributed by atoms with E-state index in [0.29, 0.717) is 0 Å². The maximum atomic E-state index is 8.89. The molecular weight excluding hydrogens is 158 g/mol. The van der Waals surface area contributed by atoms with E-state index < -0.39 is 0 Å². The number of hydrogen-bond acceptors (Lipinski definition) is 3. The summed E-state index contributed by atoms with van der Waals surface area (Å²) in [5, 5.41) is 12.1. The average molecular weight is 177 g/mol. The normalized spacial score (nSPS) is 13.4. The molecule has 0 saturated heterocycles. The molecule has 0 amide bonds. The van der Waals surface area contributed by atoms with Crippen LogP contribution in [-0.2, 0) is 0 Å². The van der Waals surface area contributed by atoms with E-state index in [0.717, 1.165) is 13.1 Å². The molecule has 1 atom stereocenters. The van der Waals surface area contributed by atoms with Gasteiger partial charge >= 0.3 is 0 Å². The van der Waals surface area contributed by atoms with Gasteiger partial charge in [-0.25, -0.2) is 0 Å². The van der Waals surface area contributed by atoms with Crippen LogP contribution in [-0.4, -0.2) is 35.8 Å². The number of hydrogen-bond donors (Lipinski definition) is 2. The van der Waals surface area contributed by atoms with Crippen LogP contribution in [0.1, 0.15) is 20.3 Å². The molecule has 0 aromatic heterocycles. The zero-order valence-electron chi connectivity index (χ0n) is 7.47. The van der Waals surface area contributed by atoms with E-state index in [1.54, 1.807) is 6.92 Å². The van der Waals surface area contributed by atoms with Gasteiger partial charge in [0.05, 0.1) is 6.10 Å². The summed E-state index contributed by atoms with van der Waals surface area (Å²) in [4.78, 5) is 0. The third-order valence-electron chi connectivity index (χ3n) is 1.29. The van der Waals surface area contributed by atoms with Gasteiger partial charge in [0.15, 0.2) is 0 Å². The molecule has 0 aliphatic heterocycles. The smallest absolute Gasteiger partial charge is 0.0636 e. The van der Waals surface area contributed by atoms with Crippen LogP contribution in [0.4, 0.5) is 0 Å². The zero-order chi connectivity index (χ0) is 8.53. The molecule has 0 aromatic rings. The standard InChI is InChI=1S/C8H19NOS/c1-3-11-6-4-5-9-7-8(2)10/h8-10H,3-7H2,1-2H3/t8-/m0/s1. The Labute approximate surface area is 73.8 Å². The van der Waals surface area contributed by atoms with Crippen molar-refractivity contribution < 1.29 is 5.11 Å². The SMILES string of the molecule is CCSCCCNC[C@H](C)O. The molecule has 68 valence electrons. The van der Waals surface area contributed by atoms with E-state index in [4.69, 9.17) is 5.11 Å². The molecule has 0 radical (unpaired) electrons. The molecular formula is C8H19NOS. The van der Waals surface area contributed by atoms with Crippen molar-refractivity contribution in [1.82, 2.24) is 5.32 Å². The summed E-state index contributed by atoms with van der Waals surface area (Å²) < 4.78 is 0. The summed E-state index contributed by atoms with van der Waals surface area (Å²) in [6.45, 7) is 5.72. The fourth-order valence-electron chi connectivity index (χ4n) is 0.755. The Morgan fingerprint density at radius 3 is 2.82 bits per heavy atom. The molecule has 0 bridgehead atoms. The molecule has 0 aliphatic rings. The highest BCUT2D eigenvalue weighted by Crippen LogP contribution is 1.99.